The van der Waals surface area contributed by atoms with Crippen LogP contribution in [0.1, 0.15) is 12.5 Å². The van der Waals surface area contributed by atoms with Gasteiger partial charge in [0.15, 0.2) is 0 Å². The van der Waals surface area contributed by atoms with Crippen molar-refractivity contribution in [1.29, 1.82) is 0 Å². The zero-order valence-electron chi connectivity index (χ0n) is 7.93. The van der Waals surface area contributed by atoms with Crippen molar-refractivity contribution in [2.75, 3.05) is 6.54 Å². The zero-order chi connectivity index (χ0) is 10.6. The fourth-order valence-corrected chi connectivity index (χ4v) is 1.90. The Labute approximate surface area is 97.4 Å². The van der Waals surface area contributed by atoms with Crippen molar-refractivity contribution in [2.24, 2.45) is 0 Å². The van der Waals surface area contributed by atoms with Crippen LogP contribution < -0.4 is 5.32 Å². The minimum atomic E-state index is -0.318. The van der Waals surface area contributed by atoms with Crippen LogP contribution in [0.25, 0.3) is 0 Å². The Hall–Kier alpha value is -0.0900. The first-order valence-corrected chi connectivity index (χ1v) is 5.59. The minimum absolute atomic E-state index is 0.318. The summed E-state index contributed by atoms with van der Waals surface area (Å²) >= 11 is 9.24. The Bertz CT molecular complexity index is 304. The van der Waals surface area contributed by atoms with Crippen LogP contribution >= 0.6 is 27.5 Å². The second-order valence-electron chi connectivity index (χ2n) is 3.22. The molecule has 14 heavy (non-hydrogen) atoms. The molecule has 0 amide bonds. The molecule has 1 rings (SSSR count). The van der Waals surface area contributed by atoms with Crippen molar-refractivity contribution >= 4 is 27.5 Å². The summed E-state index contributed by atoms with van der Waals surface area (Å²) in [6.07, 6.45) is -0.318. The maximum atomic E-state index is 9.05. The summed E-state index contributed by atoms with van der Waals surface area (Å²) in [5.74, 6) is 0. The predicted molar refractivity (Wildman–Crippen MR) is 62.5 cm³/mol. The van der Waals surface area contributed by atoms with E-state index in [1.807, 2.05) is 18.2 Å². The van der Waals surface area contributed by atoms with Gasteiger partial charge in [0.05, 0.1) is 6.10 Å². The van der Waals surface area contributed by atoms with Crippen LogP contribution in [-0.4, -0.2) is 17.8 Å². The lowest BCUT2D eigenvalue weighted by Gasteiger charge is -2.08. The first-order chi connectivity index (χ1) is 6.59. The standard InChI is InChI=1S/C10H13BrClNO/c1-7(14)5-13-6-8-2-3-9(12)4-10(8)11/h2-4,7,13-14H,5-6H2,1H3/t7-/m1/s1. The zero-order valence-corrected chi connectivity index (χ0v) is 10.3. The van der Waals surface area contributed by atoms with E-state index in [1.54, 1.807) is 6.92 Å². The van der Waals surface area contributed by atoms with Gasteiger partial charge in [-0.2, -0.15) is 0 Å². The number of hydrogen-bond acceptors (Lipinski definition) is 2. The summed E-state index contributed by atoms with van der Waals surface area (Å²) in [7, 11) is 0. The van der Waals surface area contributed by atoms with Gasteiger partial charge in [0.2, 0.25) is 0 Å². The summed E-state index contributed by atoms with van der Waals surface area (Å²) in [4.78, 5) is 0. The molecule has 0 aliphatic heterocycles. The lowest BCUT2D eigenvalue weighted by Crippen LogP contribution is -2.23. The van der Waals surface area contributed by atoms with Crippen LogP contribution in [0.2, 0.25) is 5.02 Å². The maximum Gasteiger partial charge on any atom is 0.0636 e. The Morgan fingerprint density at radius 1 is 1.57 bits per heavy atom. The molecule has 1 aromatic carbocycles. The van der Waals surface area contributed by atoms with Gasteiger partial charge in [-0.3, -0.25) is 0 Å². The molecule has 0 bridgehead atoms. The van der Waals surface area contributed by atoms with E-state index in [4.69, 9.17) is 16.7 Å². The molecule has 2 N–H and O–H groups in total. The van der Waals surface area contributed by atoms with E-state index in [-0.39, 0.29) is 6.10 Å². The van der Waals surface area contributed by atoms with Gasteiger partial charge in [-0.1, -0.05) is 33.6 Å². The highest BCUT2D eigenvalue weighted by Gasteiger charge is 2.01. The molecule has 0 fully saturated rings. The quantitative estimate of drug-likeness (QED) is 0.887. The molecular formula is C10H13BrClNO. The molecule has 4 heteroatoms. The molecule has 0 radical (unpaired) electrons. The van der Waals surface area contributed by atoms with Crippen molar-refractivity contribution in [3.05, 3.63) is 33.3 Å². The van der Waals surface area contributed by atoms with Crippen LogP contribution in [-0.2, 0) is 6.54 Å². The van der Waals surface area contributed by atoms with Crippen molar-refractivity contribution < 1.29 is 5.11 Å². The van der Waals surface area contributed by atoms with Crippen LogP contribution in [0.3, 0.4) is 0 Å². The Balaban J connectivity index is 2.51. The summed E-state index contributed by atoms with van der Waals surface area (Å²) in [5, 5.41) is 12.9. The smallest absolute Gasteiger partial charge is 0.0636 e. The molecule has 0 saturated heterocycles. The summed E-state index contributed by atoms with van der Waals surface area (Å²) in [6.45, 7) is 3.07. The molecule has 0 aliphatic carbocycles. The lowest BCUT2D eigenvalue weighted by molar-refractivity contribution is 0.191. The highest BCUT2D eigenvalue weighted by molar-refractivity contribution is 9.10. The average Bonchev–Trinajstić information content (AvgIpc) is 2.08. The predicted octanol–water partition coefficient (Wildman–Crippen LogP) is 2.57. The SMILES string of the molecule is C[C@@H](O)CNCc1ccc(Cl)cc1Br. The summed E-state index contributed by atoms with van der Waals surface area (Å²) < 4.78 is 0.989. The number of aliphatic hydroxyl groups is 1. The largest absolute Gasteiger partial charge is 0.392 e. The summed E-state index contributed by atoms with van der Waals surface area (Å²) in [5.41, 5.74) is 1.13. The van der Waals surface area contributed by atoms with Gasteiger partial charge >= 0.3 is 0 Å². The van der Waals surface area contributed by atoms with E-state index in [0.29, 0.717) is 6.54 Å². The van der Waals surface area contributed by atoms with E-state index < -0.39 is 0 Å². The fourth-order valence-electron chi connectivity index (χ4n) is 1.08. The van der Waals surface area contributed by atoms with Crippen molar-refractivity contribution in [3.8, 4) is 0 Å². The molecule has 1 atom stereocenters. The third kappa shape index (κ3) is 3.96. The van der Waals surface area contributed by atoms with Gasteiger partial charge in [0.25, 0.3) is 0 Å². The van der Waals surface area contributed by atoms with E-state index in [2.05, 4.69) is 21.2 Å². The topological polar surface area (TPSA) is 32.3 Å². The number of hydrogen-bond donors (Lipinski definition) is 2. The number of aliphatic hydroxyl groups excluding tert-OH is 1. The fraction of sp³-hybridized carbons (Fsp3) is 0.400. The highest BCUT2D eigenvalue weighted by Crippen LogP contribution is 2.21. The van der Waals surface area contributed by atoms with Crippen LogP contribution in [0.15, 0.2) is 22.7 Å². The Kier molecular flexibility index (Phi) is 4.89. The van der Waals surface area contributed by atoms with Gasteiger partial charge in [0, 0.05) is 22.6 Å². The van der Waals surface area contributed by atoms with E-state index in [1.165, 1.54) is 0 Å². The normalized spacial score (nSPS) is 12.9. The molecule has 0 aromatic heterocycles. The van der Waals surface area contributed by atoms with Gasteiger partial charge < -0.3 is 10.4 Å². The van der Waals surface area contributed by atoms with E-state index >= 15 is 0 Å². The van der Waals surface area contributed by atoms with Gasteiger partial charge in [-0.25, -0.2) is 0 Å². The molecule has 0 saturated carbocycles. The summed E-state index contributed by atoms with van der Waals surface area (Å²) in [6, 6.07) is 5.67. The molecule has 0 aliphatic rings. The molecule has 2 nitrogen and oxygen atoms in total. The number of rotatable bonds is 4. The second-order valence-corrected chi connectivity index (χ2v) is 4.51. The second kappa shape index (κ2) is 5.71. The van der Waals surface area contributed by atoms with Gasteiger partial charge in [-0.05, 0) is 24.6 Å². The van der Waals surface area contributed by atoms with Crippen molar-refractivity contribution in [3.63, 3.8) is 0 Å². The lowest BCUT2D eigenvalue weighted by atomic mass is 10.2. The molecule has 0 unspecified atom stereocenters. The average molecular weight is 279 g/mol. The van der Waals surface area contributed by atoms with E-state index in [0.717, 1.165) is 21.6 Å². The third-order valence-electron chi connectivity index (χ3n) is 1.77. The van der Waals surface area contributed by atoms with Crippen LogP contribution in [0.5, 0.6) is 0 Å². The van der Waals surface area contributed by atoms with Gasteiger partial charge in [-0.15, -0.1) is 0 Å². The third-order valence-corrected chi connectivity index (χ3v) is 2.74. The molecule has 1 aromatic rings. The van der Waals surface area contributed by atoms with E-state index in [9.17, 15) is 0 Å². The van der Waals surface area contributed by atoms with Crippen molar-refractivity contribution in [1.82, 2.24) is 5.32 Å². The maximum absolute atomic E-state index is 9.05. The molecule has 0 spiro atoms. The van der Waals surface area contributed by atoms with Crippen LogP contribution in [0, 0.1) is 0 Å². The number of benzene rings is 1. The van der Waals surface area contributed by atoms with Crippen molar-refractivity contribution in [2.45, 2.75) is 19.6 Å². The minimum Gasteiger partial charge on any atom is -0.392 e. The number of nitrogens with one attached hydrogen (secondary N) is 1. The first-order valence-electron chi connectivity index (χ1n) is 4.42. The number of halogens is 2. The monoisotopic (exact) mass is 277 g/mol. The first kappa shape index (κ1) is 12.0. The van der Waals surface area contributed by atoms with Crippen LogP contribution in [0.4, 0.5) is 0 Å². The molecular weight excluding hydrogens is 265 g/mol. The Morgan fingerprint density at radius 3 is 2.86 bits per heavy atom. The molecule has 0 heterocycles. The molecule has 78 valence electrons. The Morgan fingerprint density at radius 2 is 2.29 bits per heavy atom. The highest BCUT2D eigenvalue weighted by atomic mass is 79.9. The van der Waals surface area contributed by atoms with Gasteiger partial charge in [0.1, 0.15) is 0 Å².